The molecule has 0 aliphatic carbocycles. The molecule has 0 saturated heterocycles. The number of halogens is 2. The zero-order chi connectivity index (χ0) is 13.1. The summed E-state index contributed by atoms with van der Waals surface area (Å²) in [5, 5.41) is 2.99. The number of anilines is 2. The molecule has 3 nitrogen and oxygen atoms in total. The lowest BCUT2D eigenvalue weighted by Crippen LogP contribution is -2.06. The van der Waals surface area contributed by atoms with Gasteiger partial charge in [0.25, 0.3) is 0 Å². The summed E-state index contributed by atoms with van der Waals surface area (Å²) in [4.78, 5) is 4.09. The van der Waals surface area contributed by atoms with E-state index in [0.29, 0.717) is 23.6 Å². The molecule has 0 aliphatic rings. The third-order valence-electron chi connectivity index (χ3n) is 2.65. The van der Waals surface area contributed by atoms with Crippen molar-refractivity contribution < 1.29 is 8.78 Å². The first-order valence-corrected chi connectivity index (χ1v) is 5.47. The van der Waals surface area contributed by atoms with Crippen molar-refractivity contribution in [3.8, 4) is 0 Å². The molecule has 3 N–H and O–H groups in total. The van der Waals surface area contributed by atoms with E-state index in [1.54, 1.807) is 12.3 Å². The van der Waals surface area contributed by atoms with Crippen molar-refractivity contribution in [2.45, 2.75) is 13.5 Å². The Labute approximate surface area is 104 Å². The molecule has 0 saturated carbocycles. The number of benzene rings is 1. The maximum Gasteiger partial charge on any atom is 0.159 e. The van der Waals surface area contributed by atoms with Crippen LogP contribution in [-0.4, -0.2) is 4.98 Å². The molecule has 2 aromatic rings. The second-order valence-electron chi connectivity index (χ2n) is 3.99. The Bertz CT molecular complexity index is 570. The van der Waals surface area contributed by atoms with E-state index in [1.807, 2.05) is 6.92 Å². The first-order chi connectivity index (χ1) is 8.58. The molecule has 0 spiro atoms. The van der Waals surface area contributed by atoms with E-state index in [4.69, 9.17) is 5.73 Å². The minimum Gasteiger partial charge on any atom is -0.396 e. The van der Waals surface area contributed by atoms with Gasteiger partial charge in [-0.1, -0.05) is 6.07 Å². The minimum absolute atomic E-state index is 0.331. The number of nitrogen functional groups attached to an aromatic ring is 1. The number of nitrogens with two attached hydrogens (primary N) is 1. The highest BCUT2D eigenvalue weighted by Gasteiger charge is 2.05. The SMILES string of the molecule is Cc1ccnc(NCc2ccc(F)c(F)c2)c1N. The minimum atomic E-state index is -0.862. The van der Waals surface area contributed by atoms with Crippen molar-refractivity contribution in [3.63, 3.8) is 0 Å². The van der Waals surface area contributed by atoms with Crippen molar-refractivity contribution in [1.82, 2.24) is 4.98 Å². The molecule has 18 heavy (non-hydrogen) atoms. The van der Waals surface area contributed by atoms with Crippen LogP contribution in [0, 0.1) is 18.6 Å². The lowest BCUT2D eigenvalue weighted by atomic mass is 10.2. The zero-order valence-corrected chi connectivity index (χ0v) is 9.87. The predicted molar refractivity (Wildman–Crippen MR) is 67.1 cm³/mol. The molecule has 0 unspecified atom stereocenters. The molecule has 1 heterocycles. The van der Waals surface area contributed by atoms with Gasteiger partial charge in [0.05, 0.1) is 5.69 Å². The van der Waals surface area contributed by atoms with E-state index in [-0.39, 0.29) is 0 Å². The Morgan fingerprint density at radius 3 is 2.72 bits per heavy atom. The van der Waals surface area contributed by atoms with Crippen molar-refractivity contribution in [3.05, 3.63) is 53.2 Å². The van der Waals surface area contributed by atoms with Crippen molar-refractivity contribution in [1.29, 1.82) is 0 Å². The second-order valence-corrected chi connectivity index (χ2v) is 3.99. The van der Waals surface area contributed by atoms with Crippen LogP contribution in [0.5, 0.6) is 0 Å². The van der Waals surface area contributed by atoms with Gasteiger partial charge in [0, 0.05) is 12.7 Å². The van der Waals surface area contributed by atoms with Crippen LogP contribution >= 0.6 is 0 Å². The molecule has 0 bridgehead atoms. The fraction of sp³-hybridized carbons (Fsp3) is 0.154. The number of aryl methyl sites for hydroxylation is 1. The van der Waals surface area contributed by atoms with Gasteiger partial charge in [-0.25, -0.2) is 13.8 Å². The van der Waals surface area contributed by atoms with Crippen LogP contribution in [-0.2, 0) is 6.54 Å². The third kappa shape index (κ3) is 2.56. The fourth-order valence-electron chi connectivity index (χ4n) is 1.55. The standard InChI is InChI=1S/C13H13F2N3/c1-8-4-5-17-13(12(8)16)18-7-9-2-3-10(14)11(15)6-9/h2-6H,7,16H2,1H3,(H,17,18). The number of hydrogen-bond donors (Lipinski definition) is 2. The van der Waals surface area contributed by atoms with Gasteiger partial charge in [0.1, 0.15) is 5.82 Å². The maximum atomic E-state index is 13.0. The zero-order valence-electron chi connectivity index (χ0n) is 9.87. The lowest BCUT2D eigenvalue weighted by Gasteiger charge is -2.10. The van der Waals surface area contributed by atoms with Gasteiger partial charge in [-0.2, -0.15) is 0 Å². The molecule has 0 radical (unpaired) electrons. The van der Waals surface area contributed by atoms with E-state index in [0.717, 1.165) is 17.7 Å². The molecular weight excluding hydrogens is 236 g/mol. The first kappa shape index (κ1) is 12.3. The average Bonchev–Trinajstić information content (AvgIpc) is 2.35. The molecule has 0 aliphatic heterocycles. The van der Waals surface area contributed by atoms with Crippen LogP contribution in [0.4, 0.5) is 20.3 Å². The van der Waals surface area contributed by atoms with Crippen LogP contribution in [0.15, 0.2) is 30.5 Å². The quantitative estimate of drug-likeness (QED) is 0.879. The summed E-state index contributed by atoms with van der Waals surface area (Å²) in [5.41, 5.74) is 7.93. The van der Waals surface area contributed by atoms with E-state index in [2.05, 4.69) is 10.3 Å². The Hall–Kier alpha value is -2.17. The van der Waals surface area contributed by atoms with Crippen LogP contribution in [0.1, 0.15) is 11.1 Å². The van der Waals surface area contributed by atoms with Crippen LogP contribution in [0.3, 0.4) is 0 Å². The molecule has 2 rings (SSSR count). The summed E-state index contributed by atoms with van der Waals surface area (Å²) in [6, 6.07) is 5.56. The van der Waals surface area contributed by atoms with Crippen molar-refractivity contribution >= 4 is 11.5 Å². The molecule has 1 aromatic carbocycles. The Morgan fingerprint density at radius 1 is 1.22 bits per heavy atom. The van der Waals surface area contributed by atoms with Gasteiger partial charge in [-0.15, -0.1) is 0 Å². The van der Waals surface area contributed by atoms with Gasteiger partial charge in [0.2, 0.25) is 0 Å². The summed E-state index contributed by atoms with van der Waals surface area (Å²) < 4.78 is 25.8. The highest BCUT2D eigenvalue weighted by Crippen LogP contribution is 2.19. The summed E-state index contributed by atoms with van der Waals surface area (Å²) in [6.45, 7) is 2.21. The van der Waals surface area contributed by atoms with E-state index in [9.17, 15) is 8.78 Å². The smallest absolute Gasteiger partial charge is 0.159 e. The van der Waals surface area contributed by atoms with Gasteiger partial charge in [-0.05, 0) is 36.2 Å². The van der Waals surface area contributed by atoms with Gasteiger partial charge >= 0.3 is 0 Å². The van der Waals surface area contributed by atoms with E-state index in [1.165, 1.54) is 6.07 Å². The number of nitrogens with zero attached hydrogens (tertiary/aromatic N) is 1. The molecule has 0 fully saturated rings. The number of pyridine rings is 1. The first-order valence-electron chi connectivity index (χ1n) is 5.47. The predicted octanol–water partition coefficient (Wildman–Crippen LogP) is 2.86. The van der Waals surface area contributed by atoms with Gasteiger partial charge in [0.15, 0.2) is 11.6 Å². The molecule has 5 heteroatoms. The lowest BCUT2D eigenvalue weighted by molar-refractivity contribution is 0.507. The summed E-state index contributed by atoms with van der Waals surface area (Å²) in [5.74, 6) is -1.17. The third-order valence-corrected chi connectivity index (χ3v) is 2.65. The molecule has 1 aromatic heterocycles. The molecular formula is C13H13F2N3. The van der Waals surface area contributed by atoms with Crippen LogP contribution in [0.2, 0.25) is 0 Å². The highest BCUT2D eigenvalue weighted by molar-refractivity contribution is 5.64. The van der Waals surface area contributed by atoms with Crippen LogP contribution < -0.4 is 11.1 Å². The molecule has 94 valence electrons. The van der Waals surface area contributed by atoms with E-state index < -0.39 is 11.6 Å². The Balaban J connectivity index is 2.11. The normalized spacial score (nSPS) is 10.4. The largest absolute Gasteiger partial charge is 0.396 e. The number of rotatable bonds is 3. The number of nitrogens with one attached hydrogen (secondary N) is 1. The molecule has 0 amide bonds. The van der Waals surface area contributed by atoms with Gasteiger partial charge < -0.3 is 11.1 Å². The Kier molecular flexibility index (Phi) is 3.41. The summed E-state index contributed by atoms with van der Waals surface area (Å²) in [7, 11) is 0. The number of aromatic nitrogens is 1. The average molecular weight is 249 g/mol. The topological polar surface area (TPSA) is 50.9 Å². The maximum absolute atomic E-state index is 13.0. The monoisotopic (exact) mass is 249 g/mol. The highest BCUT2D eigenvalue weighted by atomic mass is 19.2. The van der Waals surface area contributed by atoms with Gasteiger partial charge in [-0.3, -0.25) is 0 Å². The fourth-order valence-corrected chi connectivity index (χ4v) is 1.55. The molecule has 0 atom stereocenters. The summed E-state index contributed by atoms with van der Waals surface area (Å²) in [6.07, 6.45) is 1.64. The Morgan fingerprint density at radius 2 is 2.00 bits per heavy atom. The van der Waals surface area contributed by atoms with Crippen LogP contribution in [0.25, 0.3) is 0 Å². The van der Waals surface area contributed by atoms with Crippen molar-refractivity contribution in [2.75, 3.05) is 11.1 Å². The second kappa shape index (κ2) is 5.00. The summed E-state index contributed by atoms with van der Waals surface area (Å²) >= 11 is 0. The van der Waals surface area contributed by atoms with E-state index >= 15 is 0 Å². The van der Waals surface area contributed by atoms with Crippen molar-refractivity contribution in [2.24, 2.45) is 0 Å². The number of hydrogen-bond acceptors (Lipinski definition) is 3.